The minimum Gasteiger partial charge on any atom is -0.396 e. The van der Waals surface area contributed by atoms with Gasteiger partial charge in [-0.2, -0.15) is 0 Å². The zero-order valence-electron chi connectivity index (χ0n) is 4.76. The maximum absolute atomic E-state index is 8.79. The van der Waals surface area contributed by atoms with Gasteiger partial charge in [0.15, 0.2) is 0 Å². The first kappa shape index (κ1) is 4.77. The van der Waals surface area contributed by atoms with Crippen molar-refractivity contribution in [2.24, 2.45) is 11.3 Å². The Morgan fingerprint density at radius 3 is 2.88 bits per heavy atom. The predicted octanol–water partition coefficient (Wildman–Crippen LogP) is 0.0152. The predicted molar refractivity (Wildman–Crippen MR) is 28.4 cm³/mol. The van der Waals surface area contributed by atoms with Crippen molar-refractivity contribution in [3.63, 3.8) is 0 Å². The molecule has 0 unspecified atom stereocenters. The van der Waals surface area contributed by atoms with Crippen LogP contribution < -0.4 is 0 Å². The molecule has 46 valence electrons. The van der Waals surface area contributed by atoms with Gasteiger partial charge in [-0.05, 0) is 12.3 Å². The van der Waals surface area contributed by atoms with E-state index in [1.165, 1.54) is 6.42 Å². The monoisotopic (exact) mass is 114 g/mol. The third-order valence-electron chi connectivity index (χ3n) is 2.38. The highest BCUT2D eigenvalue weighted by Gasteiger charge is 2.57. The fraction of sp³-hybridized carbons (Fsp3) is 1.00. The molecule has 1 N–H and O–H groups in total. The van der Waals surface area contributed by atoms with Gasteiger partial charge in [0.2, 0.25) is 0 Å². The van der Waals surface area contributed by atoms with Crippen LogP contribution in [0.25, 0.3) is 0 Å². The second-order valence-corrected chi connectivity index (χ2v) is 2.94. The van der Waals surface area contributed by atoms with Crippen molar-refractivity contribution in [2.75, 3.05) is 19.8 Å². The van der Waals surface area contributed by atoms with Gasteiger partial charge in [0.1, 0.15) is 0 Å². The molecule has 0 aromatic heterocycles. The summed E-state index contributed by atoms with van der Waals surface area (Å²) in [5.74, 6) is 0.701. The average Bonchev–Trinajstić information content (AvgIpc) is 2.38. The van der Waals surface area contributed by atoms with Crippen molar-refractivity contribution in [3.8, 4) is 0 Å². The molecule has 0 spiro atoms. The van der Waals surface area contributed by atoms with Crippen molar-refractivity contribution in [1.29, 1.82) is 0 Å². The molecule has 1 saturated heterocycles. The molecular weight excluding hydrogens is 104 g/mol. The molecule has 0 bridgehead atoms. The smallest absolute Gasteiger partial charge is 0.0548 e. The quantitative estimate of drug-likeness (QED) is 0.520. The maximum atomic E-state index is 8.79. The van der Waals surface area contributed by atoms with Crippen LogP contribution in [0, 0.1) is 11.3 Å². The Bertz CT molecular complexity index is 109. The van der Waals surface area contributed by atoms with Gasteiger partial charge in [-0.25, -0.2) is 0 Å². The maximum Gasteiger partial charge on any atom is 0.0548 e. The largest absolute Gasteiger partial charge is 0.396 e. The van der Waals surface area contributed by atoms with Crippen LogP contribution in [-0.4, -0.2) is 24.9 Å². The Hall–Kier alpha value is -0.0800. The number of aliphatic hydroxyl groups is 1. The Kier molecular flexibility index (Phi) is 0.746. The van der Waals surface area contributed by atoms with Gasteiger partial charge in [-0.15, -0.1) is 0 Å². The number of rotatable bonds is 1. The molecule has 1 saturated carbocycles. The molecule has 2 heteroatoms. The van der Waals surface area contributed by atoms with Crippen molar-refractivity contribution in [2.45, 2.75) is 6.42 Å². The van der Waals surface area contributed by atoms with Crippen molar-refractivity contribution < 1.29 is 9.84 Å². The van der Waals surface area contributed by atoms with E-state index in [1.54, 1.807) is 0 Å². The first-order valence-corrected chi connectivity index (χ1v) is 3.06. The van der Waals surface area contributed by atoms with Crippen LogP contribution in [0.1, 0.15) is 6.42 Å². The van der Waals surface area contributed by atoms with Gasteiger partial charge in [-0.1, -0.05) is 0 Å². The molecule has 1 aliphatic carbocycles. The lowest BCUT2D eigenvalue weighted by Gasteiger charge is -2.02. The Morgan fingerprint density at radius 2 is 2.62 bits per heavy atom. The Labute approximate surface area is 48.5 Å². The summed E-state index contributed by atoms with van der Waals surface area (Å²) in [7, 11) is 0. The van der Waals surface area contributed by atoms with Crippen molar-refractivity contribution in [1.82, 2.24) is 0 Å². The summed E-state index contributed by atoms with van der Waals surface area (Å²) in [6.45, 7) is 2.02. The van der Waals surface area contributed by atoms with Gasteiger partial charge in [-0.3, -0.25) is 0 Å². The Morgan fingerprint density at radius 1 is 1.75 bits per heavy atom. The summed E-state index contributed by atoms with van der Waals surface area (Å²) in [6, 6.07) is 0. The second kappa shape index (κ2) is 1.25. The number of aliphatic hydroxyl groups excluding tert-OH is 1. The minimum absolute atomic E-state index is 0.236. The normalized spacial score (nSPS) is 51.4. The Balaban J connectivity index is 2.08. The number of ether oxygens (including phenoxy) is 1. The summed E-state index contributed by atoms with van der Waals surface area (Å²) in [5, 5.41) is 8.79. The SMILES string of the molecule is OC[C@]12COC[C@@H]1C2. The zero-order valence-corrected chi connectivity index (χ0v) is 4.76. The molecule has 0 aromatic rings. The highest BCUT2D eigenvalue weighted by Crippen LogP contribution is 2.56. The van der Waals surface area contributed by atoms with Gasteiger partial charge < -0.3 is 9.84 Å². The molecule has 1 heterocycles. The first-order valence-electron chi connectivity index (χ1n) is 3.06. The van der Waals surface area contributed by atoms with Gasteiger partial charge in [0, 0.05) is 5.41 Å². The van der Waals surface area contributed by atoms with Crippen LogP contribution in [0.2, 0.25) is 0 Å². The van der Waals surface area contributed by atoms with Gasteiger partial charge in [0.25, 0.3) is 0 Å². The van der Waals surface area contributed by atoms with Crippen LogP contribution in [0.3, 0.4) is 0 Å². The number of hydrogen-bond donors (Lipinski definition) is 1. The summed E-state index contributed by atoms with van der Waals surface area (Å²) in [6.07, 6.45) is 1.20. The molecule has 2 fully saturated rings. The molecule has 8 heavy (non-hydrogen) atoms. The molecule has 2 nitrogen and oxygen atoms in total. The summed E-state index contributed by atoms with van der Waals surface area (Å²) in [4.78, 5) is 0. The van der Waals surface area contributed by atoms with E-state index in [2.05, 4.69) is 0 Å². The van der Waals surface area contributed by atoms with E-state index < -0.39 is 0 Å². The summed E-state index contributed by atoms with van der Waals surface area (Å²) in [5.41, 5.74) is 0.236. The highest BCUT2D eigenvalue weighted by atomic mass is 16.5. The van der Waals surface area contributed by atoms with E-state index in [-0.39, 0.29) is 5.41 Å². The molecule has 0 radical (unpaired) electrons. The van der Waals surface area contributed by atoms with E-state index in [4.69, 9.17) is 9.84 Å². The average molecular weight is 114 g/mol. The van der Waals surface area contributed by atoms with E-state index >= 15 is 0 Å². The molecular formula is C6H10O2. The van der Waals surface area contributed by atoms with E-state index in [1.807, 2.05) is 0 Å². The van der Waals surface area contributed by atoms with E-state index in [0.717, 1.165) is 13.2 Å². The first-order chi connectivity index (χ1) is 3.87. The molecule has 2 rings (SSSR count). The van der Waals surface area contributed by atoms with Crippen LogP contribution >= 0.6 is 0 Å². The summed E-state index contributed by atoms with van der Waals surface area (Å²) >= 11 is 0. The van der Waals surface area contributed by atoms with E-state index in [0.29, 0.717) is 12.5 Å². The highest BCUT2D eigenvalue weighted by molar-refractivity contribution is 5.05. The van der Waals surface area contributed by atoms with Crippen molar-refractivity contribution >= 4 is 0 Å². The van der Waals surface area contributed by atoms with Crippen LogP contribution in [0.4, 0.5) is 0 Å². The van der Waals surface area contributed by atoms with Crippen molar-refractivity contribution in [3.05, 3.63) is 0 Å². The van der Waals surface area contributed by atoms with Gasteiger partial charge >= 0.3 is 0 Å². The fourth-order valence-corrected chi connectivity index (χ4v) is 1.49. The van der Waals surface area contributed by atoms with Crippen LogP contribution in [0.15, 0.2) is 0 Å². The van der Waals surface area contributed by atoms with Crippen LogP contribution in [0.5, 0.6) is 0 Å². The minimum atomic E-state index is 0.236. The summed E-state index contributed by atoms with van der Waals surface area (Å²) < 4.78 is 5.14. The molecule has 2 atom stereocenters. The standard InChI is InChI=1S/C6H10O2/c7-3-6-1-5(6)2-8-4-6/h5,7H,1-4H2/t5-,6+/m0/s1. The topological polar surface area (TPSA) is 29.5 Å². The fourth-order valence-electron chi connectivity index (χ4n) is 1.49. The molecule has 1 aliphatic heterocycles. The molecule has 0 aromatic carbocycles. The molecule has 0 amide bonds. The lowest BCUT2D eigenvalue weighted by molar-refractivity contribution is 0.117. The zero-order chi connectivity index (χ0) is 5.61. The number of hydrogen-bond acceptors (Lipinski definition) is 2. The second-order valence-electron chi connectivity index (χ2n) is 2.94. The lowest BCUT2D eigenvalue weighted by Crippen LogP contribution is -2.09. The number of fused-ring (bicyclic) bond motifs is 1. The third kappa shape index (κ3) is 0.400. The third-order valence-corrected chi connectivity index (χ3v) is 2.38. The molecule has 2 aliphatic rings. The van der Waals surface area contributed by atoms with Gasteiger partial charge in [0.05, 0.1) is 19.8 Å². The lowest BCUT2D eigenvalue weighted by atomic mass is 10.1. The van der Waals surface area contributed by atoms with E-state index in [9.17, 15) is 0 Å². The van der Waals surface area contributed by atoms with Crippen LogP contribution in [-0.2, 0) is 4.74 Å².